The molecule has 0 aliphatic carbocycles. The Labute approximate surface area is 105 Å². The van der Waals surface area contributed by atoms with Crippen molar-refractivity contribution in [1.82, 2.24) is 40.1 Å². The third-order valence-electron chi connectivity index (χ3n) is 2.75. The van der Waals surface area contributed by atoms with Crippen LogP contribution in [0.5, 0.6) is 0 Å². The number of hydrogen-bond acceptors (Lipinski definition) is 7. The van der Waals surface area contributed by atoms with Crippen molar-refractivity contribution in [2.75, 3.05) is 5.73 Å². The Morgan fingerprint density at radius 3 is 3.05 bits per heavy atom. The SMILES string of the molecule is Nc1nc(-c2n[nH]c3cncnc23)nc2nc[nH]c12. The molecule has 0 aliphatic rings. The lowest BCUT2D eigenvalue weighted by molar-refractivity contribution is 1.09. The average Bonchev–Trinajstić information content (AvgIpc) is 3.04. The van der Waals surface area contributed by atoms with Gasteiger partial charge in [0.05, 0.1) is 12.5 Å². The van der Waals surface area contributed by atoms with E-state index in [4.69, 9.17) is 5.73 Å². The Morgan fingerprint density at radius 1 is 1.16 bits per heavy atom. The van der Waals surface area contributed by atoms with Crippen molar-refractivity contribution in [2.45, 2.75) is 0 Å². The summed E-state index contributed by atoms with van der Waals surface area (Å²) in [5.41, 5.74) is 8.84. The van der Waals surface area contributed by atoms with Gasteiger partial charge in [-0.2, -0.15) is 5.10 Å². The summed E-state index contributed by atoms with van der Waals surface area (Å²) in [5.74, 6) is 0.699. The molecule has 0 saturated carbocycles. The van der Waals surface area contributed by atoms with E-state index in [-0.39, 0.29) is 0 Å². The number of imidazole rings is 1. The van der Waals surface area contributed by atoms with Gasteiger partial charge in [0.2, 0.25) is 0 Å². The lowest BCUT2D eigenvalue weighted by Crippen LogP contribution is -1.98. The first-order chi connectivity index (χ1) is 9.33. The van der Waals surface area contributed by atoms with E-state index in [1.165, 1.54) is 12.7 Å². The zero-order chi connectivity index (χ0) is 12.8. The number of rotatable bonds is 1. The van der Waals surface area contributed by atoms with E-state index in [9.17, 15) is 0 Å². The van der Waals surface area contributed by atoms with Crippen LogP contribution in [-0.2, 0) is 0 Å². The lowest BCUT2D eigenvalue weighted by Gasteiger charge is -1.98. The topological polar surface area (TPSA) is 135 Å². The fraction of sp³-hybridized carbons (Fsp3) is 0. The van der Waals surface area contributed by atoms with E-state index in [1.54, 1.807) is 6.20 Å². The second kappa shape index (κ2) is 3.45. The molecule has 0 saturated heterocycles. The van der Waals surface area contributed by atoms with E-state index in [1.807, 2.05) is 0 Å². The molecular formula is C10H7N9. The quantitative estimate of drug-likeness (QED) is 0.443. The Hall–Kier alpha value is -3.10. The molecule has 4 N–H and O–H groups in total. The summed E-state index contributed by atoms with van der Waals surface area (Å²) in [6.07, 6.45) is 4.59. The molecule has 0 atom stereocenters. The van der Waals surface area contributed by atoms with E-state index in [0.29, 0.717) is 39.5 Å². The fourth-order valence-corrected chi connectivity index (χ4v) is 1.89. The molecule has 19 heavy (non-hydrogen) atoms. The molecule has 0 spiro atoms. The van der Waals surface area contributed by atoms with Crippen LogP contribution in [0.4, 0.5) is 5.82 Å². The van der Waals surface area contributed by atoms with Gasteiger partial charge >= 0.3 is 0 Å². The summed E-state index contributed by atoms with van der Waals surface area (Å²) < 4.78 is 0. The molecular weight excluding hydrogens is 246 g/mol. The van der Waals surface area contributed by atoms with Crippen molar-refractivity contribution in [2.24, 2.45) is 0 Å². The van der Waals surface area contributed by atoms with Gasteiger partial charge in [-0.25, -0.2) is 24.9 Å². The molecule has 92 valence electrons. The molecule has 4 heterocycles. The van der Waals surface area contributed by atoms with Crippen LogP contribution in [0.25, 0.3) is 33.7 Å². The van der Waals surface area contributed by atoms with E-state index in [0.717, 1.165) is 0 Å². The molecule has 0 aliphatic heterocycles. The average molecular weight is 253 g/mol. The van der Waals surface area contributed by atoms with Crippen molar-refractivity contribution in [3.8, 4) is 11.5 Å². The van der Waals surface area contributed by atoms with Gasteiger partial charge in [0.25, 0.3) is 0 Å². The summed E-state index contributed by atoms with van der Waals surface area (Å²) in [4.78, 5) is 23.6. The van der Waals surface area contributed by atoms with Gasteiger partial charge in [0, 0.05) is 0 Å². The number of H-pyrrole nitrogens is 2. The third kappa shape index (κ3) is 1.35. The smallest absolute Gasteiger partial charge is 0.186 e. The Balaban J connectivity index is 2.03. The summed E-state index contributed by atoms with van der Waals surface area (Å²) in [5, 5.41) is 6.98. The molecule has 4 aromatic heterocycles. The number of aromatic nitrogens is 8. The number of fused-ring (bicyclic) bond motifs is 2. The van der Waals surface area contributed by atoms with Crippen molar-refractivity contribution in [3.05, 3.63) is 18.9 Å². The summed E-state index contributed by atoms with van der Waals surface area (Å²) in [6, 6.07) is 0. The van der Waals surface area contributed by atoms with E-state index in [2.05, 4.69) is 40.1 Å². The molecule has 0 aromatic carbocycles. The second-order valence-electron chi connectivity index (χ2n) is 3.89. The highest BCUT2D eigenvalue weighted by Crippen LogP contribution is 2.23. The number of hydrogen-bond donors (Lipinski definition) is 3. The highest BCUT2D eigenvalue weighted by atomic mass is 15.2. The van der Waals surface area contributed by atoms with Crippen LogP contribution in [0.3, 0.4) is 0 Å². The Kier molecular flexibility index (Phi) is 1.79. The van der Waals surface area contributed by atoms with Gasteiger partial charge in [0.1, 0.15) is 22.9 Å². The molecule has 9 heteroatoms. The summed E-state index contributed by atoms with van der Waals surface area (Å²) >= 11 is 0. The van der Waals surface area contributed by atoms with Crippen LogP contribution in [0.2, 0.25) is 0 Å². The predicted octanol–water partition coefficient (Wildman–Crippen LogP) is 0.268. The lowest BCUT2D eigenvalue weighted by atomic mass is 10.3. The first-order valence-corrected chi connectivity index (χ1v) is 5.44. The molecule has 9 nitrogen and oxygen atoms in total. The van der Waals surface area contributed by atoms with Crippen LogP contribution in [0.1, 0.15) is 0 Å². The van der Waals surface area contributed by atoms with Gasteiger partial charge in [-0.15, -0.1) is 0 Å². The fourth-order valence-electron chi connectivity index (χ4n) is 1.89. The van der Waals surface area contributed by atoms with Crippen molar-refractivity contribution < 1.29 is 0 Å². The van der Waals surface area contributed by atoms with Crippen LogP contribution in [-0.4, -0.2) is 40.1 Å². The van der Waals surface area contributed by atoms with E-state index < -0.39 is 0 Å². The van der Waals surface area contributed by atoms with Gasteiger partial charge in [-0.05, 0) is 0 Å². The molecule has 0 unspecified atom stereocenters. The molecule has 0 amide bonds. The zero-order valence-corrected chi connectivity index (χ0v) is 9.49. The molecule has 4 rings (SSSR count). The number of aromatic amines is 2. The normalized spacial score (nSPS) is 11.4. The molecule has 0 radical (unpaired) electrons. The largest absolute Gasteiger partial charge is 0.382 e. The van der Waals surface area contributed by atoms with Gasteiger partial charge in [-0.3, -0.25) is 5.10 Å². The van der Waals surface area contributed by atoms with Crippen molar-refractivity contribution in [3.63, 3.8) is 0 Å². The summed E-state index contributed by atoms with van der Waals surface area (Å²) in [6.45, 7) is 0. The summed E-state index contributed by atoms with van der Waals surface area (Å²) in [7, 11) is 0. The van der Waals surface area contributed by atoms with Crippen LogP contribution in [0, 0.1) is 0 Å². The molecule has 0 fully saturated rings. The maximum atomic E-state index is 5.86. The van der Waals surface area contributed by atoms with E-state index >= 15 is 0 Å². The standard InChI is InChI=1S/C10H7N9/c11-8-7-9(15-3-14-7)17-10(16-8)6-5-4(18-19-6)1-12-2-13-5/h1-3H,(H,18,19)(H3,11,14,15,16,17). The van der Waals surface area contributed by atoms with Crippen LogP contribution in [0.15, 0.2) is 18.9 Å². The molecule has 4 aromatic rings. The minimum absolute atomic E-state index is 0.322. The van der Waals surface area contributed by atoms with Crippen molar-refractivity contribution in [1.29, 1.82) is 0 Å². The number of nitrogen functional groups attached to an aromatic ring is 1. The van der Waals surface area contributed by atoms with Crippen LogP contribution >= 0.6 is 0 Å². The number of nitrogens with two attached hydrogens (primary N) is 1. The third-order valence-corrected chi connectivity index (χ3v) is 2.75. The minimum Gasteiger partial charge on any atom is -0.382 e. The number of nitrogens with zero attached hydrogens (tertiary/aromatic N) is 6. The highest BCUT2D eigenvalue weighted by molar-refractivity contribution is 5.89. The first kappa shape index (κ1) is 9.88. The monoisotopic (exact) mass is 253 g/mol. The first-order valence-electron chi connectivity index (χ1n) is 5.44. The maximum Gasteiger partial charge on any atom is 0.186 e. The molecule has 0 bridgehead atoms. The van der Waals surface area contributed by atoms with Gasteiger partial charge < -0.3 is 10.7 Å². The second-order valence-corrected chi connectivity index (χ2v) is 3.89. The maximum absolute atomic E-state index is 5.86. The minimum atomic E-state index is 0.322. The van der Waals surface area contributed by atoms with Crippen molar-refractivity contribution >= 4 is 28.0 Å². The zero-order valence-electron chi connectivity index (χ0n) is 9.49. The Bertz CT molecular complexity index is 890. The number of anilines is 1. The number of nitrogens with one attached hydrogen (secondary N) is 2. The van der Waals surface area contributed by atoms with Gasteiger partial charge in [-0.1, -0.05) is 0 Å². The predicted molar refractivity (Wildman–Crippen MR) is 66.8 cm³/mol. The Morgan fingerprint density at radius 2 is 2.11 bits per heavy atom. The highest BCUT2D eigenvalue weighted by Gasteiger charge is 2.15. The van der Waals surface area contributed by atoms with Gasteiger partial charge in [0.15, 0.2) is 23.0 Å². The van der Waals surface area contributed by atoms with Crippen LogP contribution < -0.4 is 5.73 Å².